The summed E-state index contributed by atoms with van der Waals surface area (Å²) in [5.74, 6) is 1.94. The summed E-state index contributed by atoms with van der Waals surface area (Å²) >= 11 is 6.07. The van der Waals surface area contributed by atoms with Crippen LogP contribution in [-0.4, -0.2) is 24.0 Å². The van der Waals surface area contributed by atoms with Gasteiger partial charge in [-0.1, -0.05) is 11.6 Å². The predicted octanol–water partition coefficient (Wildman–Crippen LogP) is 2.70. The van der Waals surface area contributed by atoms with Crippen molar-refractivity contribution >= 4 is 23.3 Å². The minimum absolute atomic E-state index is 0.0762. The first-order valence-electron chi connectivity index (χ1n) is 6.83. The predicted molar refractivity (Wildman–Crippen MR) is 75.5 cm³/mol. The van der Waals surface area contributed by atoms with Crippen LogP contribution in [0.5, 0.6) is 0 Å². The number of hydrogen-bond donors (Lipinski definition) is 2. The molecule has 102 valence electrons. The summed E-state index contributed by atoms with van der Waals surface area (Å²) in [6.07, 6.45) is 6.49. The molecule has 0 bridgehead atoms. The van der Waals surface area contributed by atoms with Crippen LogP contribution in [0, 0.1) is 11.8 Å². The van der Waals surface area contributed by atoms with Crippen molar-refractivity contribution in [3.63, 3.8) is 0 Å². The SMILES string of the molecule is CNc1cc(C(=O)NC(C2CC2)C2CC2)c(Cl)cn1. The van der Waals surface area contributed by atoms with Crippen LogP contribution in [0.4, 0.5) is 5.82 Å². The Kier molecular flexibility index (Phi) is 3.35. The van der Waals surface area contributed by atoms with Crippen molar-refractivity contribution in [1.29, 1.82) is 0 Å². The Morgan fingerprint density at radius 3 is 2.53 bits per heavy atom. The summed E-state index contributed by atoms with van der Waals surface area (Å²) in [6, 6.07) is 2.05. The lowest BCUT2D eigenvalue weighted by Crippen LogP contribution is -2.38. The maximum atomic E-state index is 12.4. The molecule has 5 heteroatoms. The molecule has 2 aliphatic carbocycles. The topological polar surface area (TPSA) is 54.0 Å². The van der Waals surface area contributed by atoms with E-state index < -0.39 is 0 Å². The van der Waals surface area contributed by atoms with Gasteiger partial charge in [-0.3, -0.25) is 4.79 Å². The molecule has 3 rings (SSSR count). The third kappa shape index (κ3) is 2.84. The van der Waals surface area contributed by atoms with E-state index in [0.29, 0.717) is 34.3 Å². The van der Waals surface area contributed by atoms with Gasteiger partial charge in [0.25, 0.3) is 5.91 Å². The number of hydrogen-bond acceptors (Lipinski definition) is 3. The summed E-state index contributed by atoms with van der Waals surface area (Å²) in [7, 11) is 1.77. The van der Waals surface area contributed by atoms with E-state index in [4.69, 9.17) is 11.6 Å². The quantitative estimate of drug-likeness (QED) is 0.871. The fourth-order valence-corrected chi connectivity index (χ4v) is 2.70. The van der Waals surface area contributed by atoms with Crippen LogP contribution in [0.1, 0.15) is 36.0 Å². The van der Waals surface area contributed by atoms with Gasteiger partial charge < -0.3 is 10.6 Å². The van der Waals surface area contributed by atoms with Crippen molar-refractivity contribution < 1.29 is 4.79 Å². The van der Waals surface area contributed by atoms with Crippen LogP contribution < -0.4 is 10.6 Å². The fourth-order valence-electron chi connectivity index (χ4n) is 2.51. The Morgan fingerprint density at radius 1 is 1.37 bits per heavy atom. The van der Waals surface area contributed by atoms with Crippen LogP contribution in [0.25, 0.3) is 0 Å². The molecule has 0 spiro atoms. The third-order valence-corrected chi connectivity index (χ3v) is 4.21. The Balaban J connectivity index is 1.75. The molecule has 2 saturated carbocycles. The van der Waals surface area contributed by atoms with Crippen molar-refractivity contribution in [1.82, 2.24) is 10.3 Å². The molecule has 0 radical (unpaired) electrons. The highest BCUT2D eigenvalue weighted by Crippen LogP contribution is 2.44. The molecule has 0 atom stereocenters. The average molecular weight is 280 g/mol. The van der Waals surface area contributed by atoms with Crippen LogP contribution in [0.3, 0.4) is 0 Å². The van der Waals surface area contributed by atoms with Crippen molar-refractivity contribution in [3.8, 4) is 0 Å². The molecule has 0 unspecified atom stereocenters. The van der Waals surface area contributed by atoms with Crippen LogP contribution in [-0.2, 0) is 0 Å². The third-order valence-electron chi connectivity index (χ3n) is 3.91. The molecule has 1 aromatic rings. The lowest BCUT2D eigenvalue weighted by Gasteiger charge is -2.18. The van der Waals surface area contributed by atoms with Crippen molar-refractivity contribution in [2.45, 2.75) is 31.7 Å². The van der Waals surface area contributed by atoms with Crippen molar-refractivity contribution in [2.24, 2.45) is 11.8 Å². The second-order valence-electron chi connectivity index (χ2n) is 5.47. The average Bonchev–Trinajstić information content (AvgIpc) is 3.29. The molecule has 0 aliphatic heterocycles. The van der Waals surface area contributed by atoms with E-state index in [1.165, 1.54) is 31.9 Å². The van der Waals surface area contributed by atoms with Gasteiger partial charge in [0.15, 0.2) is 0 Å². The summed E-state index contributed by atoms with van der Waals surface area (Å²) < 4.78 is 0. The highest BCUT2D eigenvalue weighted by molar-refractivity contribution is 6.33. The number of carbonyl (C=O) groups is 1. The zero-order valence-electron chi connectivity index (χ0n) is 10.9. The normalized spacial score (nSPS) is 18.5. The van der Waals surface area contributed by atoms with E-state index in [0.717, 1.165) is 0 Å². The highest BCUT2D eigenvalue weighted by atomic mass is 35.5. The summed E-state index contributed by atoms with van der Waals surface area (Å²) in [4.78, 5) is 16.4. The van der Waals surface area contributed by atoms with Crippen molar-refractivity contribution in [3.05, 3.63) is 22.8 Å². The standard InChI is InChI=1S/C14H18ClN3O/c1-16-12-6-10(11(15)7-17-12)14(19)18-13(8-2-3-8)9-4-5-9/h6-9,13H,2-5H2,1H3,(H,16,17)(H,18,19). The lowest BCUT2D eigenvalue weighted by atomic mass is 10.1. The first-order chi connectivity index (χ1) is 9.19. The highest BCUT2D eigenvalue weighted by Gasteiger charge is 2.42. The van der Waals surface area contributed by atoms with Gasteiger partial charge >= 0.3 is 0 Å². The van der Waals surface area contributed by atoms with Gasteiger partial charge in [-0.25, -0.2) is 4.98 Å². The van der Waals surface area contributed by atoms with Crippen molar-refractivity contribution in [2.75, 3.05) is 12.4 Å². The Labute approximate surface area is 117 Å². The Hall–Kier alpha value is -1.29. The number of anilines is 1. The molecule has 19 heavy (non-hydrogen) atoms. The monoisotopic (exact) mass is 279 g/mol. The van der Waals surface area contributed by atoms with Gasteiger partial charge in [0.05, 0.1) is 10.6 Å². The molecule has 2 N–H and O–H groups in total. The molecule has 0 saturated heterocycles. The van der Waals surface area contributed by atoms with E-state index in [9.17, 15) is 4.79 Å². The maximum Gasteiger partial charge on any atom is 0.253 e. The molecule has 2 fully saturated rings. The van der Waals surface area contributed by atoms with Gasteiger partial charge in [0.1, 0.15) is 5.82 Å². The van der Waals surface area contributed by atoms with Gasteiger partial charge in [-0.05, 0) is 43.6 Å². The second-order valence-corrected chi connectivity index (χ2v) is 5.88. The van der Waals surface area contributed by atoms with Gasteiger partial charge in [-0.2, -0.15) is 0 Å². The molecule has 1 amide bonds. The molecule has 1 heterocycles. The number of nitrogens with one attached hydrogen (secondary N) is 2. The van der Waals surface area contributed by atoms with E-state index in [1.807, 2.05) is 0 Å². The summed E-state index contributed by atoms with van der Waals surface area (Å²) in [5, 5.41) is 6.50. The number of pyridine rings is 1. The number of carbonyl (C=O) groups excluding carboxylic acids is 1. The molecule has 4 nitrogen and oxygen atoms in total. The molecular weight excluding hydrogens is 262 g/mol. The van der Waals surface area contributed by atoms with Gasteiger partial charge in [0.2, 0.25) is 0 Å². The summed E-state index contributed by atoms with van der Waals surface area (Å²) in [6.45, 7) is 0. The van der Waals surface area contributed by atoms with E-state index in [1.54, 1.807) is 13.1 Å². The number of amides is 1. The molecular formula is C14H18ClN3O. The largest absolute Gasteiger partial charge is 0.373 e. The number of nitrogens with zero attached hydrogens (tertiary/aromatic N) is 1. The molecule has 1 aromatic heterocycles. The fraction of sp³-hybridized carbons (Fsp3) is 0.571. The maximum absolute atomic E-state index is 12.4. The second kappa shape index (κ2) is 5.00. The zero-order chi connectivity index (χ0) is 13.4. The minimum Gasteiger partial charge on any atom is -0.373 e. The van der Waals surface area contributed by atoms with E-state index >= 15 is 0 Å². The first-order valence-corrected chi connectivity index (χ1v) is 7.21. The van der Waals surface area contributed by atoms with Crippen LogP contribution >= 0.6 is 11.6 Å². The van der Waals surface area contributed by atoms with Crippen LogP contribution in [0.15, 0.2) is 12.3 Å². The lowest BCUT2D eigenvalue weighted by molar-refractivity contribution is 0.0926. The molecule has 2 aliphatic rings. The molecule has 0 aromatic carbocycles. The van der Waals surface area contributed by atoms with Gasteiger partial charge in [-0.15, -0.1) is 0 Å². The zero-order valence-corrected chi connectivity index (χ0v) is 11.7. The Bertz CT molecular complexity index is 485. The number of aromatic nitrogens is 1. The number of halogens is 1. The Morgan fingerprint density at radius 2 is 2.00 bits per heavy atom. The smallest absolute Gasteiger partial charge is 0.253 e. The van der Waals surface area contributed by atoms with E-state index in [-0.39, 0.29) is 5.91 Å². The van der Waals surface area contributed by atoms with Crippen LogP contribution in [0.2, 0.25) is 5.02 Å². The minimum atomic E-state index is -0.0762. The van der Waals surface area contributed by atoms with E-state index in [2.05, 4.69) is 15.6 Å². The first kappa shape index (κ1) is 12.7. The number of rotatable bonds is 5. The van der Waals surface area contributed by atoms with Gasteiger partial charge in [0, 0.05) is 19.3 Å². The summed E-state index contributed by atoms with van der Waals surface area (Å²) in [5.41, 5.74) is 0.507.